The van der Waals surface area contributed by atoms with Crippen molar-refractivity contribution >= 4 is 28.5 Å². The predicted octanol–water partition coefficient (Wildman–Crippen LogP) is 3.90. The normalized spacial score (nSPS) is 18.3. The van der Waals surface area contributed by atoms with Gasteiger partial charge in [-0.1, -0.05) is 49.0 Å². The van der Waals surface area contributed by atoms with Crippen LogP contribution in [0.15, 0.2) is 53.7 Å². The van der Waals surface area contributed by atoms with Gasteiger partial charge in [0.15, 0.2) is 0 Å². The summed E-state index contributed by atoms with van der Waals surface area (Å²) in [7, 11) is 2.12. The number of aliphatic hydroxyl groups excluding tert-OH is 1. The van der Waals surface area contributed by atoms with Gasteiger partial charge in [0, 0.05) is 33.8 Å². The second-order valence-electron chi connectivity index (χ2n) is 6.80. The Kier molecular flexibility index (Phi) is 4.95. The molecule has 0 bridgehead atoms. The van der Waals surface area contributed by atoms with Gasteiger partial charge in [0.1, 0.15) is 17.2 Å². The molecule has 27 heavy (non-hydrogen) atoms. The van der Waals surface area contributed by atoms with Crippen molar-refractivity contribution in [2.75, 3.05) is 13.6 Å². The van der Waals surface area contributed by atoms with Crippen LogP contribution in [0, 0.1) is 0 Å². The SMILES string of the molecule is CCN(C)C1NC(c2c[nH]c3ncc(C(O)c4ccccc4)cc23)=C(C)S1. The number of allylic oxidation sites excluding steroid dienone is 1. The number of nitrogens with zero attached hydrogens (tertiary/aromatic N) is 2. The molecule has 3 N–H and O–H groups in total. The standard InChI is InChI=1S/C21H24N4OS/c1-4-25(3)21-24-18(13(2)27-21)17-12-23-20-16(17)10-15(11-22-20)19(26)14-8-6-5-7-9-14/h5-12,19,21,24,26H,4H2,1-3H3,(H,22,23). The molecule has 1 aliphatic rings. The number of benzene rings is 1. The number of nitrogens with one attached hydrogen (secondary N) is 2. The van der Waals surface area contributed by atoms with E-state index in [4.69, 9.17) is 0 Å². The zero-order valence-corrected chi connectivity index (χ0v) is 16.5. The number of rotatable bonds is 5. The molecule has 4 rings (SSSR count). The second kappa shape index (κ2) is 7.38. The zero-order valence-electron chi connectivity index (χ0n) is 15.7. The molecule has 0 saturated carbocycles. The van der Waals surface area contributed by atoms with Crippen LogP contribution in [-0.4, -0.2) is 39.1 Å². The third-order valence-electron chi connectivity index (χ3n) is 5.06. The summed E-state index contributed by atoms with van der Waals surface area (Å²) < 4.78 is 0. The quantitative estimate of drug-likeness (QED) is 0.626. The van der Waals surface area contributed by atoms with Gasteiger partial charge in [0.2, 0.25) is 0 Å². The Morgan fingerprint density at radius 1 is 1.26 bits per heavy atom. The van der Waals surface area contributed by atoms with E-state index < -0.39 is 6.10 Å². The van der Waals surface area contributed by atoms with Gasteiger partial charge in [0.05, 0.1) is 5.70 Å². The van der Waals surface area contributed by atoms with Crippen molar-refractivity contribution in [3.63, 3.8) is 0 Å². The minimum Gasteiger partial charge on any atom is -0.384 e. The smallest absolute Gasteiger partial charge is 0.137 e. The number of hydrogen-bond donors (Lipinski definition) is 3. The molecule has 2 atom stereocenters. The fraction of sp³-hybridized carbons (Fsp3) is 0.286. The molecule has 1 aliphatic heterocycles. The summed E-state index contributed by atoms with van der Waals surface area (Å²) in [4.78, 5) is 11.3. The molecule has 5 nitrogen and oxygen atoms in total. The van der Waals surface area contributed by atoms with Crippen LogP contribution in [-0.2, 0) is 0 Å². The Morgan fingerprint density at radius 3 is 2.78 bits per heavy atom. The lowest BCUT2D eigenvalue weighted by molar-refractivity contribution is 0.220. The van der Waals surface area contributed by atoms with E-state index in [-0.39, 0.29) is 5.50 Å². The van der Waals surface area contributed by atoms with Gasteiger partial charge in [-0.2, -0.15) is 0 Å². The van der Waals surface area contributed by atoms with Gasteiger partial charge < -0.3 is 15.4 Å². The molecule has 3 heterocycles. The van der Waals surface area contributed by atoms with E-state index in [9.17, 15) is 5.11 Å². The number of hydrogen-bond acceptors (Lipinski definition) is 5. The lowest BCUT2D eigenvalue weighted by Gasteiger charge is -2.23. The topological polar surface area (TPSA) is 64.2 Å². The Balaban J connectivity index is 1.70. The van der Waals surface area contributed by atoms with E-state index >= 15 is 0 Å². The van der Waals surface area contributed by atoms with Gasteiger partial charge in [-0.05, 0) is 32.1 Å². The molecule has 2 unspecified atom stereocenters. The third-order valence-corrected chi connectivity index (χ3v) is 6.32. The van der Waals surface area contributed by atoms with Crippen molar-refractivity contribution in [3.8, 4) is 0 Å². The summed E-state index contributed by atoms with van der Waals surface area (Å²) in [6.45, 7) is 5.28. The van der Waals surface area contributed by atoms with Crippen LogP contribution in [0.1, 0.15) is 36.6 Å². The minimum atomic E-state index is -0.689. The van der Waals surface area contributed by atoms with Gasteiger partial charge in [-0.3, -0.25) is 4.90 Å². The maximum Gasteiger partial charge on any atom is 0.137 e. The first kappa shape index (κ1) is 18.1. The second-order valence-corrected chi connectivity index (χ2v) is 8.09. The fourth-order valence-corrected chi connectivity index (χ4v) is 4.45. The van der Waals surface area contributed by atoms with Crippen LogP contribution in [0.2, 0.25) is 0 Å². The highest BCUT2D eigenvalue weighted by Gasteiger charge is 2.27. The van der Waals surface area contributed by atoms with E-state index in [1.807, 2.05) is 54.4 Å². The Morgan fingerprint density at radius 2 is 2.04 bits per heavy atom. The molecule has 0 spiro atoms. The summed E-state index contributed by atoms with van der Waals surface area (Å²) in [5.74, 6) is 0. The molecule has 3 aromatic rings. The number of aliphatic hydroxyl groups is 1. The number of H-pyrrole nitrogens is 1. The number of aromatic amines is 1. The summed E-state index contributed by atoms with van der Waals surface area (Å²) in [6, 6.07) is 11.7. The van der Waals surface area contributed by atoms with Gasteiger partial charge in [-0.25, -0.2) is 4.98 Å². The molecule has 2 aromatic heterocycles. The van der Waals surface area contributed by atoms with E-state index in [1.165, 1.54) is 4.91 Å². The van der Waals surface area contributed by atoms with Crippen molar-refractivity contribution < 1.29 is 5.11 Å². The van der Waals surface area contributed by atoms with E-state index in [2.05, 4.69) is 41.1 Å². The van der Waals surface area contributed by atoms with Crippen molar-refractivity contribution in [1.82, 2.24) is 20.2 Å². The van der Waals surface area contributed by atoms with Crippen molar-refractivity contribution in [2.45, 2.75) is 25.4 Å². The van der Waals surface area contributed by atoms with Crippen LogP contribution in [0.5, 0.6) is 0 Å². The summed E-state index contributed by atoms with van der Waals surface area (Å²) in [5, 5.41) is 15.4. The lowest BCUT2D eigenvalue weighted by Crippen LogP contribution is -2.37. The highest BCUT2D eigenvalue weighted by molar-refractivity contribution is 8.04. The van der Waals surface area contributed by atoms with Gasteiger partial charge >= 0.3 is 0 Å². The summed E-state index contributed by atoms with van der Waals surface area (Å²) >= 11 is 1.83. The van der Waals surface area contributed by atoms with Crippen LogP contribution < -0.4 is 5.32 Å². The average Bonchev–Trinajstić information content (AvgIpc) is 3.30. The first-order valence-corrected chi connectivity index (χ1v) is 10.0. The molecule has 0 fully saturated rings. The summed E-state index contributed by atoms with van der Waals surface area (Å²) in [5.41, 5.74) is 4.95. The van der Waals surface area contributed by atoms with E-state index in [0.29, 0.717) is 0 Å². The molecule has 0 aliphatic carbocycles. The first-order valence-electron chi connectivity index (χ1n) is 9.13. The molecule has 0 amide bonds. The maximum absolute atomic E-state index is 10.8. The number of fused-ring (bicyclic) bond motifs is 1. The molecule has 140 valence electrons. The van der Waals surface area contributed by atoms with E-state index in [1.54, 1.807) is 6.20 Å². The molecule has 0 saturated heterocycles. The largest absolute Gasteiger partial charge is 0.384 e. The Labute approximate surface area is 163 Å². The lowest BCUT2D eigenvalue weighted by atomic mass is 10.0. The van der Waals surface area contributed by atoms with Crippen molar-refractivity contribution in [3.05, 3.63) is 70.4 Å². The molecule has 0 radical (unpaired) electrons. The molecular weight excluding hydrogens is 356 g/mol. The number of pyridine rings is 1. The predicted molar refractivity (Wildman–Crippen MR) is 112 cm³/mol. The monoisotopic (exact) mass is 380 g/mol. The van der Waals surface area contributed by atoms with Crippen molar-refractivity contribution in [1.29, 1.82) is 0 Å². The maximum atomic E-state index is 10.8. The van der Waals surface area contributed by atoms with E-state index in [0.717, 1.165) is 40.0 Å². The van der Waals surface area contributed by atoms with Crippen LogP contribution in [0.25, 0.3) is 16.7 Å². The molecular formula is C21H24N4OS. The highest BCUT2D eigenvalue weighted by Crippen LogP contribution is 2.38. The minimum absolute atomic E-state index is 0.237. The Hall–Kier alpha value is -2.28. The molecule has 6 heteroatoms. The van der Waals surface area contributed by atoms with Gasteiger partial charge in [-0.15, -0.1) is 0 Å². The van der Waals surface area contributed by atoms with Gasteiger partial charge in [0.25, 0.3) is 0 Å². The fourth-order valence-electron chi connectivity index (χ4n) is 3.32. The zero-order chi connectivity index (χ0) is 19.0. The van der Waals surface area contributed by atoms with Crippen LogP contribution >= 0.6 is 11.8 Å². The first-order chi connectivity index (χ1) is 13.1. The van der Waals surface area contributed by atoms with Crippen molar-refractivity contribution in [2.24, 2.45) is 0 Å². The van der Waals surface area contributed by atoms with Crippen LogP contribution in [0.3, 0.4) is 0 Å². The number of aromatic nitrogens is 2. The molecule has 1 aromatic carbocycles. The highest BCUT2D eigenvalue weighted by atomic mass is 32.2. The van der Waals surface area contributed by atoms with Crippen LogP contribution in [0.4, 0.5) is 0 Å². The third kappa shape index (κ3) is 3.36. The Bertz CT molecular complexity index is 982. The number of thioether (sulfide) groups is 1. The summed E-state index contributed by atoms with van der Waals surface area (Å²) in [6.07, 6.45) is 3.05. The average molecular weight is 381 g/mol.